The van der Waals surface area contributed by atoms with Gasteiger partial charge < -0.3 is 19.9 Å². The third-order valence-corrected chi connectivity index (χ3v) is 5.72. The topological polar surface area (TPSA) is 109 Å². The fourth-order valence-electron chi connectivity index (χ4n) is 3.45. The van der Waals surface area contributed by atoms with Crippen molar-refractivity contribution in [2.24, 2.45) is 0 Å². The molecule has 1 aromatic heterocycles. The Morgan fingerprint density at radius 2 is 1.93 bits per heavy atom. The summed E-state index contributed by atoms with van der Waals surface area (Å²) in [6.07, 6.45) is 0. The predicted molar refractivity (Wildman–Crippen MR) is 103 cm³/mol. The summed E-state index contributed by atoms with van der Waals surface area (Å²) in [5.74, 6) is -2.05. The van der Waals surface area contributed by atoms with E-state index in [0.717, 1.165) is 10.1 Å². The molecule has 1 aliphatic rings. The Hall–Kier alpha value is -3.15. The molecule has 1 unspecified atom stereocenters. The number of nitriles is 1. The summed E-state index contributed by atoms with van der Waals surface area (Å²) >= 11 is 1.36. The summed E-state index contributed by atoms with van der Waals surface area (Å²) in [5, 5.41) is 24.7. The molecule has 3 rings (SSSR count). The average molecular weight is 398 g/mol. The van der Waals surface area contributed by atoms with Crippen molar-refractivity contribution in [1.29, 1.82) is 5.26 Å². The molecule has 8 heteroatoms. The molecule has 1 aliphatic heterocycles. The minimum Gasteiger partial charge on any atom is -0.466 e. The van der Waals surface area contributed by atoms with E-state index in [4.69, 9.17) is 9.47 Å². The van der Waals surface area contributed by atoms with Gasteiger partial charge in [-0.25, -0.2) is 9.59 Å². The van der Waals surface area contributed by atoms with Crippen molar-refractivity contribution in [2.75, 3.05) is 20.8 Å². The number of fused-ring (bicyclic) bond motifs is 1. The number of thiophene rings is 1. The number of methoxy groups -OCH3 is 2. The van der Waals surface area contributed by atoms with Crippen molar-refractivity contribution in [3.63, 3.8) is 0 Å². The number of aliphatic hydroxyl groups is 1. The zero-order valence-electron chi connectivity index (χ0n) is 15.5. The third kappa shape index (κ3) is 3.05. The monoisotopic (exact) mass is 398 g/mol. The number of allylic oxidation sites excluding steroid dienone is 1. The predicted octanol–water partition coefficient (Wildman–Crippen LogP) is 2.33. The van der Waals surface area contributed by atoms with Crippen molar-refractivity contribution in [3.8, 4) is 6.07 Å². The molecule has 28 heavy (non-hydrogen) atoms. The number of nitrogens with one attached hydrogen (secondary N) is 1. The first-order valence-corrected chi connectivity index (χ1v) is 9.24. The Morgan fingerprint density at radius 3 is 2.54 bits per heavy atom. The molecule has 0 saturated heterocycles. The van der Waals surface area contributed by atoms with Crippen LogP contribution in [0.4, 0.5) is 0 Å². The SMILES string of the molecule is COC(=O)C1=C(C)NC(CO)=C(C(=O)OC)C1c1csc2c(C#N)cccc12. The van der Waals surface area contributed by atoms with Gasteiger partial charge in [0.15, 0.2) is 0 Å². The van der Waals surface area contributed by atoms with E-state index in [-0.39, 0.29) is 16.8 Å². The molecule has 144 valence electrons. The lowest BCUT2D eigenvalue weighted by Crippen LogP contribution is -2.34. The van der Waals surface area contributed by atoms with Crippen molar-refractivity contribution in [3.05, 3.63) is 57.2 Å². The van der Waals surface area contributed by atoms with Crippen molar-refractivity contribution < 1.29 is 24.2 Å². The number of esters is 2. The van der Waals surface area contributed by atoms with Crippen LogP contribution in [0.1, 0.15) is 24.0 Å². The Balaban J connectivity index is 2.35. The number of nitrogens with zero attached hydrogens (tertiary/aromatic N) is 1. The largest absolute Gasteiger partial charge is 0.466 e. The highest BCUT2D eigenvalue weighted by Crippen LogP contribution is 2.44. The highest BCUT2D eigenvalue weighted by molar-refractivity contribution is 7.17. The molecule has 2 aromatic rings. The van der Waals surface area contributed by atoms with Gasteiger partial charge in [-0.15, -0.1) is 11.3 Å². The van der Waals surface area contributed by atoms with Crippen molar-refractivity contribution in [1.82, 2.24) is 5.32 Å². The molecule has 1 atom stereocenters. The summed E-state index contributed by atoms with van der Waals surface area (Å²) in [7, 11) is 2.51. The number of hydrogen-bond acceptors (Lipinski definition) is 8. The van der Waals surface area contributed by atoms with Crippen LogP contribution in [0, 0.1) is 11.3 Å². The zero-order chi connectivity index (χ0) is 20.4. The molecule has 7 nitrogen and oxygen atoms in total. The maximum atomic E-state index is 12.6. The molecule has 0 radical (unpaired) electrons. The van der Waals surface area contributed by atoms with E-state index in [1.165, 1.54) is 25.6 Å². The minimum atomic E-state index is -0.800. The Labute approximate surface area is 165 Å². The van der Waals surface area contributed by atoms with E-state index >= 15 is 0 Å². The van der Waals surface area contributed by atoms with E-state index in [9.17, 15) is 20.0 Å². The van der Waals surface area contributed by atoms with Crippen LogP contribution in [0.2, 0.25) is 0 Å². The molecule has 0 amide bonds. The van der Waals surface area contributed by atoms with Gasteiger partial charge in [-0.05, 0) is 29.3 Å². The van der Waals surface area contributed by atoms with E-state index in [0.29, 0.717) is 16.8 Å². The molecule has 1 aromatic carbocycles. The smallest absolute Gasteiger partial charge is 0.336 e. The van der Waals surface area contributed by atoms with Gasteiger partial charge in [0.2, 0.25) is 0 Å². The van der Waals surface area contributed by atoms with Crippen molar-refractivity contribution >= 4 is 33.4 Å². The molecular weight excluding hydrogens is 380 g/mol. The first-order valence-electron chi connectivity index (χ1n) is 8.36. The fraction of sp³-hybridized carbons (Fsp3) is 0.250. The van der Waals surface area contributed by atoms with Gasteiger partial charge in [0.05, 0.1) is 53.9 Å². The molecular formula is C20H18N2O5S. The third-order valence-electron chi connectivity index (χ3n) is 4.67. The molecule has 2 N–H and O–H groups in total. The van der Waals surface area contributed by atoms with E-state index in [2.05, 4.69) is 11.4 Å². The molecule has 0 saturated carbocycles. The summed E-state index contributed by atoms with van der Waals surface area (Å²) in [6, 6.07) is 7.45. The van der Waals surface area contributed by atoms with Crippen LogP contribution in [-0.4, -0.2) is 37.9 Å². The highest BCUT2D eigenvalue weighted by Gasteiger charge is 2.39. The summed E-state index contributed by atoms with van der Waals surface area (Å²) < 4.78 is 10.6. The molecule has 2 heterocycles. The van der Waals surface area contributed by atoms with E-state index < -0.39 is 24.5 Å². The molecule has 0 bridgehead atoms. The van der Waals surface area contributed by atoms with Crippen molar-refractivity contribution in [2.45, 2.75) is 12.8 Å². The normalized spacial score (nSPS) is 16.6. The quantitative estimate of drug-likeness (QED) is 0.761. The minimum absolute atomic E-state index is 0.137. The number of rotatable bonds is 4. The molecule has 0 spiro atoms. The first kappa shape index (κ1) is 19.6. The van der Waals surface area contributed by atoms with Gasteiger partial charge in [-0.2, -0.15) is 5.26 Å². The van der Waals surface area contributed by atoms with Crippen LogP contribution in [0.5, 0.6) is 0 Å². The van der Waals surface area contributed by atoms with Gasteiger partial charge in [-0.1, -0.05) is 12.1 Å². The van der Waals surface area contributed by atoms with Gasteiger partial charge in [0, 0.05) is 5.70 Å². The molecule has 0 fully saturated rings. The number of benzene rings is 1. The first-order chi connectivity index (χ1) is 13.5. The average Bonchev–Trinajstić information content (AvgIpc) is 3.15. The van der Waals surface area contributed by atoms with E-state index in [1.54, 1.807) is 19.1 Å². The lowest BCUT2D eigenvalue weighted by molar-refractivity contribution is -0.137. The second-order valence-electron chi connectivity index (χ2n) is 6.12. The van der Waals surface area contributed by atoms with Crippen LogP contribution in [0.15, 0.2) is 46.1 Å². The van der Waals surface area contributed by atoms with Gasteiger partial charge >= 0.3 is 11.9 Å². The lowest BCUT2D eigenvalue weighted by atomic mass is 9.80. The number of ether oxygens (including phenoxy) is 2. The van der Waals surface area contributed by atoms with Crippen LogP contribution in [0.3, 0.4) is 0 Å². The number of dihydropyridines is 1. The number of carbonyl (C=O) groups excluding carboxylic acids is 2. The summed E-state index contributed by atoms with van der Waals surface area (Å²) in [5.41, 5.74) is 2.31. The summed E-state index contributed by atoms with van der Waals surface area (Å²) in [4.78, 5) is 25.2. The number of aliphatic hydroxyl groups excluding tert-OH is 1. The van der Waals surface area contributed by atoms with Crippen LogP contribution in [0.25, 0.3) is 10.1 Å². The van der Waals surface area contributed by atoms with Crippen LogP contribution >= 0.6 is 11.3 Å². The highest BCUT2D eigenvalue weighted by atomic mass is 32.1. The lowest BCUT2D eigenvalue weighted by Gasteiger charge is -2.30. The fourth-order valence-corrected chi connectivity index (χ4v) is 4.51. The maximum Gasteiger partial charge on any atom is 0.336 e. The second-order valence-corrected chi connectivity index (χ2v) is 6.99. The zero-order valence-corrected chi connectivity index (χ0v) is 16.3. The second kappa shape index (κ2) is 7.84. The van der Waals surface area contributed by atoms with Gasteiger partial charge in [0.25, 0.3) is 0 Å². The van der Waals surface area contributed by atoms with Gasteiger partial charge in [0.1, 0.15) is 6.07 Å². The number of carbonyl (C=O) groups is 2. The molecule has 0 aliphatic carbocycles. The Kier molecular flexibility index (Phi) is 5.49. The number of hydrogen-bond donors (Lipinski definition) is 2. The summed E-state index contributed by atoms with van der Waals surface area (Å²) in [6.45, 7) is 1.25. The Morgan fingerprint density at radius 1 is 1.25 bits per heavy atom. The standard InChI is InChI=1S/C20H18N2O5S/c1-10-15(19(24)26-2)16(17(20(25)27-3)14(8-23)22-10)13-9-28-18-11(7-21)5-4-6-12(13)18/h4-6,9,16,22-23H,8H2,1-3H3. The van der Waals surface area contributed by atoms with Crippen LogP contribution < -0.4 is 5.32 Å². The Bertz CT molecular complexity index is 1070. The van der Waals surface area contributed by atoms with Crippen LogP contribution in [-0.2, 0) is 19.1 Å². The van der Waals surface area contributed by atoms with E-state index in [1.807, 2.05) is 11.4 Å². The maximum absolute atomic E-state index is 12.6. The van der Waals surface area contributed by atoms with Gasteiger partial charge in [-0.3, -0.25) is 0 Å².